The highest BCUT2D eigenvalue weighted by molar-refractivity contribution is 6.61. The van der Waals surface area contributed by atoms with E-state index in [1.807, 2.05) is 31.2 Å². The van der Waals surface area contributed by atoms with E-state index >= 15 is 0 Å². The lowest BCUT2D eigenvalue weighted by Gasteiger charge is -2.12. The average molecular weight is 400 g/mol. The van der Waals surface area contributed by atoms with Gasteiger partial charge >= 0.3 is 7.12 Å². The van der Waals surface area contributed by atoms with Crippen molar-refractivity contribution in [2.45, 2.75) is 19.9 Å². The van der Waals surface area contributed by atoms with Crippen molar-refractivity contribution < 1.29 is 14.8 Å². The number of aromatic nitrogens is 3. The van der Waals surface area contributed by atoms with E-state index in [-0.39, 0.29) is 0 Å². The van der Waals surface area contributed by atoms with Gasteiger partial charge in [0.05, 0.1) is 12.2 Å². The van der Waals surface area contributed by atoms with Gasteiger partial charge in [-0.3, -0.25) is 0 Å². The van der Waals surface area contributed by atoms with Crippen molar-refractivity contribution in [2.75, 3.05) is 11.9 Å². The lowest BCUT2D eigenvalue weighted by Crippen LogP contribution is -2.30. The van der Waals surface area contributed by atoms with Gasteiger partial charge in [-0.05, 0) is 12.5 Å². The van der Waals surface area contributed by atoms with Crippen LogP contribution in [-0.4, -0.2) is 38.7 Å². The summed E-state index contributed by atoms with van der Waals surface area (Å²) in [6.07, 6.45) is 0.764. The summed E-state index contributed by atoms with van der Waals surface area (Å²) in [6, 6.07) is 15.6. The van der Waals surface area contributed by atoms with Crippen LogP contribution in [0.25, 0.3) is 22.3 Å². The minimum absolute atomic E-state index is 0.418. The number of para-hydroxylation sites is 1. The van der Waals surface area contributed by atoms with Crippen LogP contribution in [0.15, 0.2) is 48.5 Å². The van der Waals surface area contributed by atoms with E-state index in [4.69, 9.17) is 9.72 Å². The minimum Gasteiger partial charge on any atom is -0.477 e. The highest BCUT2D eigenvalue weighted by Gasteiger charge is 2.25. The van der Waals surface area contributed by atoms with Gasteiger partial charge in [-0.2, -0.15) is 4.98 Å². The lowest BCUT2D eigenvalue weighted by atomic mass is 9.79. The number of aryl methyl sites for hydroxylation is 1. The van der Waals surface area contributed by atoms with Gasteiger partial charge in [-0.25, -0.2) is 4.98 Å². The van der Waals surface area contributed by atoms with Gasteiger partial charge in [0.1, 0.15) is 5.82 Å². The van der Waals surface area contributed by atoms with Crippen molar-refractivity contribution >= 4 is 29.3 Å². The van der Waals surface area contributed by atoms with E-state index < -0.39 is 7.12 Å². The highest BCUT2D eigenvalue weighted by Crippen LogP contribution is 2.35. The molecule has 2 aromatic heterocycles. The molecule has 4 aromatic rings. The van der Waals surface area contributed by atoms with Gasteiger partial charge in [0.15, 0.2) is 5.82 Å². The van der Waals surface area contributed by atoms with E-state index in [0.717, 1.165) is 40.0 Å². The number of nitrogens with one attached hydrogen (secondary N) is 2. The zero-order chi connectivity index (χ0) is 20.7. The standard InChI is InChI=1S/C22H21BN4O3/c1-13-18(15-8-5-9-17(23(28)29)19(15)25-13)21-26-20(16-10-11-30-22(16)27-21)24-12-14-6-3-2-4-7-14/h2-9,25,28-29H,10-12H2,1H3,(H,24,26,27). The Morgan fingerprint density at radius 1 is 1.10 bits per heavy atom. The molecule has 0 aliphatic carbocycles. The maximum absolute atomic E-state index is 9.72. The maximum Gasteiger partial charge on any atom is 0.490 e. The second-order valence-electron chi connectivity index (χ2n) is 7.39. The molecule has 8 heteroatoms. The van der Waals surface area contributed by atoms with Gasteiger partial charge < -0.3 is 25.1 Å². The van der Waals surface area contributed by atoms with E-state index in [2.05, 4.69) is 27.4 Å². The molecule has 0 radical (unpaired) electrons. The molecule has 150 valence electrons. The lowest BCUT2D eigenvalue weighted by molar-refractivity contribution is 0.345. The molecule has 2 aromatic carbocycles. The van der Waals surface area contributed by atoms with E-state index in [1.54, 1.807) is 12.1 Å². The Morgan fingerprint density at radius 3 is 2.73 bits per heavy atom. The Morgan fingerprint density at radius 2 is 1.93 bits per heavy atom. The molecule has 3 heterocycles. The molecular formula is C22H21BN4O3. The summed E-state index contributed by atoms with van der Waals surface area (Å²) in [6.45, 7) is 3.16. The maximum atomic E-state index is 9.72. The van der Waals surface area contributed by atoms with Crippen molar-refractivity contribution in [1.82, 2.24) is 15.0 Å². The van der Waals surface area contributed by atoms with Crippen LogP contribution in [0.4, 0.5) is 5.82 Å². The average Bonchev–Trinajstić information content (AvgIpc) is 3.35. The predicted molar refractivity (Wildman–Crippen MR) is 117 cm³/mol. The summed E-state index contributed by atoms with van der Waals surface area (Å²) in [5.74, 6) is 1.91. The van der Waals surface area contributed by atoms with Gasteiger partial charge in [-0.15, -0.1) is 0 Å². The molecule has 0 saturated carbocycles. The van der Waals surface area contributed by atoms with Gasteiger partial charge in [-0.1, -0.05) is 48.5 Å². The Labute approximate surface area is 173 Å². The fourth-order valence-corrected chi connectivity index (χ4v) is 3.97. The number of H-pyrrole nitrogens is 1. The van der Waals surface area contributed by atoms with Crippen LogP contribution in [0.5, 0.6) is 5.88 Å². The second kappa shape index (κ2) is 7.48. The third-order valence-corrected chi connectivity index (χ3v) is 5.42. The molecule has 30 heavy (non-hydrogen) atoms. The molecule has 1 aliphatic heterocycles. The molecule has 0 atom stereocenters. The number of hydrogen-bond donors (Lipinski definition) is 4. The summed E-state index contributed by atoms with van der Waals surface area (Å²) < 4.78 is 5.76. The van der Waals surface area contributed by atoms with Crippen molar-refractivity contribution in [3.8, 4) is 17.3 Å². The van der Waals surface area contributed by atoms with Crippen LogP contribution in [0.2, 0.25) is 0 Å². The van der Waals surface area contributed by atoms with E-state index in [9.17, 15) is 10.0 Å². The van der Waals surface area contributed by atoms with Crippen molar-refractivity contribution in [2.24, 2.45) is 0 Å². The number of anilines is 1. The summed E-state index contributed by atoms with van der Waals surface area (Å²) in [7, 11) is -1.56. The number of benzene rings is 2. The summed E-state index contributed by atoms with van der Waals surface area (Å²) in [4.78, 5) is 12.8. The van der Waals surface area contributed by atoms with Crippen molar-refractivity contribution in [3.63, 3.8) is 0 Å². The Balaban J connectivity index is 1.60. The largest absolute Gasteiger partial charge is 0.490 e. The molecule has 0 fully saturated rings. The van der Waals surface area contributed by atoms with Crippen molar-refractivity contribution in [1.29, 1.82) is 0 Å². The second-order valence-corrected chi connectivity index (χ2v) is 7.39. The van der Waals surface area contributed by atoms with Crippen LogP contribution < -0.4 is 15.5 Å². The highest BCUT2D eigenvalue weighted by atomic mass is 16.5. The topological polar surface area (TPSA) is 103 Å². The van der Waals surface area contributed by atoms with E-state index in [0.29, 0.717) is 35.8 Å². The molecule has 0 spiro atoms. The first-order chi connectivity index (χ1) is 14.6. The van der Waals surface area contributed by atoms with Crippen LogP contribution in [-0.2, 0) is 13.0 Å². The molecule has 1 aliphatic rings. The first-order valence-electron chi connectivity index (χ1n) is 9.91. The monoisotopic (exact) mass is 400 g/mol. The molecule has 0 amide bonds. The van der Waals surface area contributed by atoms with Crippen molar-refractivity contribution in [3.05, 3.63) is 65.4 Å². The smallest absolute Gasteiger partial charge is 0.477 e. The summed E-state index contributed by atoms with van der Waals surface area (Å²) >= 11 is 0. The number of fused-ring (bicyclic) bond motifs is 2. The SMILES string of the molecule is Cc1[nH]c2c(B(O)O)cccc2c1-c1nc(NCc2ccccc2)c2c(n1)OCC2. The normalized spacial score (nSPS) is 12.6. The van der Waals surface area contributed by atoms with Crippen LogP contribution >= 0.6 is 0 Å². The Kier molecular flexibility index (Phi) is 4.65. The summed E-state index contributed by atoms with van der Waals surface area (Å²) in [5.41, 5.74) is 4.91. The zero-order valence-corrected chi connectivity index (χ0v) is 16.5. The number of aromatic amines is 1. The number of nitrogens with zero attached hydrogens (tertiary/aromatic N) is 2. The van der Waals surface area contributed by atoms with Crippen LogP contribution in [0.3, 0.4) is 0 Å². The molecular weight excluding hydrogens is 379 g/mol. The fraction of sp³-hybridized carbons (Fsp3) is 0.182. The Bertz CT molecular complexity index is 1220. The minimum atomic E-state index is -1.56. The first kappa shape index (κ1) is 18.7. The van der Waals surface area contributed by atoms with Gasteiger partial charge in [0, 0.05) is 40.6 Å². The molecule has 4 N–H and O–H groups in total. The number of ether oxygens (including phenoxy) is 1. The first-order valence-corrected chi connectivity index (χ1v) is 9.91. The fourth-order valence-electron chi connectivity index (χ4n) is 3.97. The van der Waals surface area contributed by atoms with E-state index in [1.165, 1.54) is 0 Å². The predicted octanol–water partition coefficient (Wildman–Crippen LogP) is 2.16. The van der Waals surface area contributed by atoms with Gasteiger partial charge in [0.25, 0.3) is 0 Å². The third-order valence-electron chi connectivity index (χ3n) is 5.42. The quantitative estimate of drug-likeness (QED) is 0.383. The molecule has 0 bridgehead atoms. The number of hydrogen-bond acceptors (Lipinski definition) is 6. The van der Waals surface area contributed by atoms with Crippen LogP contribution in [0.1, 0.15) is 16.8 Å². The number of rotatable bonds is 5. The molecule has 5 rings (SSSR count). The summed E-state index contributed by atoms with van der Waals surface area (Å²) in [5, 5.41) is 23.7. The van der Waals surface area contributed by atoms with Gasteiger partial charge in [0.2, 0.25) is 5.88 Å². The van der Waals surface area contributed by atoms with Crippen LogP contribution in [0, 0.1) is 6.92 Å². The third kappa shape index (κ3) is 3.20. The molecule has 0 saturated heterocycles. The zero-order valence-electron chi connectivity index (χ0n) is 16.5. The Hall–Kier alpha value is -3.36. The molecule has 0 unspecified atom stereocenters. The molecule has 7 nitrogen and oxygen atoms in total.